The zero-order valence-electron chi connectivity index (χ0n) is 21.2. The highest BCUT2D eigenvalue weighted by atomic mass is 35.5. The van der Waals surface area contributed by atoms with Crippen LogP contribution in [0.15, 0.2) is 53.3 Å². The van der Waals surface area contributed by atoms with E-state index in [2.05, 4.69) is 9.88 Å². The Morgan fingerprint density at radius 3 is 2.59 bits per heavy atom. The highest BCUT2D eigenvalue weighted by molar-refractivity contribution is 6.36. The van der Waals surface area contributed by atoms with Gasteiger partial charge in [0.2, 0.25) is 5.75 Å². The van der Waals surface area contributed by atoms with E-state index < -0.39 is 11.9 Å². The SMILES string of the molecule is C[C@@H](Oc1c(N)ncc2c(-c3ccc(C(=O)N4CCN(CCO)CC4)cc3)coc12)c1c(Cl)ccc(F)c1Cl. The summed E-state index contributed by atoms with van der Waals surface area (Å²) in [6, 6.07) is 9.88. The molecule has 11 heteroatoms. The molecule has 5 rings (SSSR count). The molecule has 1 saturated heterocycles. The van der Waals surface area contributed by atoms with Crippen LogP contribution in [-0.2, 0) is 0 Å². The number of amides is 1. The Morgan fingerprint density at radius 1 is 1.18 bits per heavy atom. The van der Waals surface area contributed by atoms with Crippen LogP contribution in [0.4, 0.5) is 10.2 Å². The van der Waals surface area contributed by atoms with Gasteiger partial charge >= 0.3 is 0 Å². The Hall–Kier alpha value is -3.37. The number of pyridine rings is 1. The first-order chi connectivity index (χ1) is 18.8. The van der Waals surface area contributed by atoms with Crippen molar-refractivity contribution in [3.05, 3.63) is 75.8 Å². The van der Waals surface area contributed by atoms with Crippen molar-refractivity contribution in [1.29, 1.82) is 0 Å². The number of nitrogens with two attached hydrogens (primary N) is 1. The summed E-state index contributed by atoms with van der Waals surface area (Å²) in [7, 11) is 0. The fraction of sp³-hybridized carbons (Fsp3) is 0.286. The molecule has 0 saturated carbocycles. The number of anilines is 1. The number of aliphatic hydroxyl groups is 1. The molecular formula is C28H27Cl2FN4O4. The van der Waals surface area contributed by atoms with Gasteiger partial charge in [-0.3, -0.25) is 9.69 Å². The van der Waals surface area contributed by atoms with Crippen LogP contribution in [0.1, 0.15) is 28.9 Å². The molecule has 2 aromatic heterocycles. The van der Waals surface area contributed by atoms with E-state index in [1.807, 2.05) is 17.0 Å². The van der Waals surface area contributed by atoms with Crippen LogP contribution in [0.2, 0.25) is 10.0 Å². The van der Waals surface area contributed by atoms with Gasteiger partial charge in [0.15, 0.2) is 11.4 Å². The lowest BCUT2D eigenvalue weighted by Gasteiger charge is -2.34. The summed E-state index contributed by atoms with van der Waals surface area (Å²) in [5.74, 6) is -0.355. The summed E-state index contributed by atoms with van der Waals surface area (Å²) in [6.07, 6.45) is 2.41. The monoisotopic (exact) mass is 572 g/mol. The minimum Gasteiger partial charge on any atom is -0.478 e. The smallest absolute Gasteiger partial charge is 0.253 e. The van der Waals surface area contributed by atoms with E-state index in [9.17, 15) is 9.18 Å². The van der Waals surface area contributed by atoms with Crippen LogP contribution in [0.3, 0.4) is 0 Å². The van der Waals surface area contributed by atoms with E-state index >= 15 is 0 Å². The van der Waals surface area contributed by atoms with E-state index in [4.69, 9.17) is 43.2 Å². The van der Waals surface area contributed by atoms with Crippen molar-refractivity contribution < 1.29 is 23.4 Å². The molecule has 1 amide bonds. The molecule has 0 unspecified atom stereocenters. The van der Waals surface area contributed by atoms with Gasteiger partial charge in [-0.05, 0) is 36.8 Å². The highest BCUT2D eigenvalue weighted by Gasteiger charge is 2.24. The molecule has 8 nitrogen and oxygen atoms in total. The van der Waals surface area contributed by atoms with Gasteiger partial charge in [0.05, 0.1) is 23.3 Å². The number of hydrogen-bond acceptors (Lipinski definition) is 7. The Bertz CT molecular complexity index is 1500. The maximum absolute atomic E-state index is 14.1. The number of β-amino-alcohol motifs (C(OH)–C–C–N with tert-alkyl or cyclic N) is 1. The molecule has 0 aliphatic carbocycles. The van der Waals surface area contributed by atoms with Gasteiger partial charge in [0, 0.05) is 60.6 Å². The molecule has 1 aliphatic heterocycles. The number of aliphatic hydroxyl groups excluding tert-OH is 1. The average molecular weight is 573 g/mol. The molecule has 1 aliphatic rings. The van der Waals surface area contributed by atoms with Crippen molar-refractivity contribution >= 4 is 45.9 Å². The molecule has 3 N–H and O–H groups in total. The summed E-state index contributed by atoms with van der Waals surface area (Å²) >= 11 is 12.4. The van der Waals surface area contributed by atoms with Gasteiger partial charge in [0.1, 0.15) is 11.9 Å². The number of nitrogens with zero attached hydrogens (tertiary/aromatic N) is 3. The molecule has 0 bridgehead atoms. The first-order valence-electron chi connectivity index (χ1n) is 12.5. The zero-order valence-corrected chi connectivity index (χ0v) is 22.7. The van der Waals surface area contributed by atoms with Crippen molar-refractivity contribution in [3.8, 4) is 16.9 Å². The number of carbonyl (C=O) groups excluding carboxylic acids is 1. The zero-order chi connectivity index (χ0) is 27.7. The van der Waals surface area contributed by atoms with E-state index in [-0.39, 0.29) is 39.7 Å². The number of aromatic nitrogens is 1. The lowest BCUT2D eigenvalue weighted by Crippen LogP contribution is -2.49. The minimum atomic E-state index is -0.750. The van der Waals surface area contributed by atoms with Gasteiger partial charge in [0.25, 0.3) is 5.91 Å². The van der Waals surface area contributed by atoms with Crippen LogP contribution in [0, 0.1) is 5.82 Å². The third kappa shape index (κ3) is 5.40. The number of benzene rings is 2. The number of rotatable bonds is 7. The second-order valence-corrected chi connectivity index (χ2v) is 10.1. The van der Waals surface area contributed by atoms with Crippen molar-refractivity contribution in [2.75, 3.05) is 45.1 Å². The van der Waals surface area contributed by atoms with E-state index in [1.165, 1.54) is 12.1 Å². The average Bonchev–Trinajstić information content (AvgIpc) is 3.37. The number of fused-ring (bicyclic) bond motifs is 1. The third-order valence-electron chi connectivity index (χ3n) is 6.90. The molecule has 2 aromatic carbocycles. The molecule has 1 fully saturated rings. The number of nitrogen functional groups attached to an aromatic ring is 1. The molecule has 1 atom stereocenters. The lowest BCUT2D eigenvalue weighted by molar-refractivity contribution is 0.0615. The summed E-state index contributed by atoms with van der Waals surface area (Å²) in [4.78, 5) is 21.2. The maximum Gasteiger partial charge on any atom is 0.253 e. The number of halogens is 3. The first-order valence-corrected chi connectivity index (χ1v) is 13.2. The van der Waals surface area contributed by atoms with Gasteiger partial charge in [-0.2, -0.15) is 0 Å². The summed E-state index contributed by atoms with van der Waals surface area (Å²) < 4.78 is 26.0. The molecule has 39 heavy (non-hydrogen) atoms. The number of hydrogen-bond donors (Lipinski definition) is 2. The number of carbonyl (C=O) groups is 1. The number of furan rings is 1. The fourth-order valence-electron chi connectivity index (χ4n) is 4.76. The van der Waals surface area contributed by atoms with Crippen molar-refractivity contribution in [2.24, 2.45) is 0 Å². The second kappa shape index (κ2) is 11.4. The standard InChI is InChI=1S/C28H27Cl2FN4O4/c1-16(23-21(29)6-7-22(31)24(23)30)39-26-25-19(14-33-27(26)32)20(15-38-25)17-2-4-18(5-3-17)28(37)35-10-8-34(9-11-35)12-13-36/h2-7,14-16,36H,8-13H2,1H3,(H2,32,33)/t16-/m1/s1. The molecule has 0 spiro atoms. The predicted molar refractivity (Wildman–Crippen MR) is 149 cm³/mol. The van der Waals surface area contributed by atoms with Crippen molar-refractivity contribution in [3.63, 3.8) is 0 Å². The predicted octanol–water partition coefficient (Wildman–Crippen LogP) is 5.41. The Balaban J connectivity index is 1.38. The largest absolute Gasteiger partial charge is 0.478 e. The van der Waals surface area contributed by atoms with Gasteiger partial charge in [-0.15, -0.1) is 0 Å². The summed E-state index contributed by atoms with van der Waals surface area (Å²) in [6.45, 7) is 5.12. The fourth-order valence-corrected chi connectivity index (χ4v) is 5.44. The molecule has 204 valence electrons. The lowest BCUT2D eigenvalue weighted by atomic mass is 10.0. The minimum absolute atomic E-state index is 0.0314. The Morgan fingerprint density at radius 2 is 1.90 bits per heavy atom. The van der Waals surface area contributed by atoms with Crippen LogP contribution in [-0.4, -0.2) is 65.1 Å². The number of piperazine rings is 1. The molecule has 4 aromatic rings. The van der Waals surface area contributed by atoms with Gasteiger partial charge in [-0.1, -0.05) is 35.3 Å². The van der Waals surface area contributed by atoms with Crippen LogP contribution in [0.5, 0.6) is 5.75 Å². The van der Waals surface area contributed by atoms with E-state index in [0.29, 0.717) is 36.2 Å². The topological polar surface area (TPSA) is 105 Å². The van der Waals surface area contributed by atoms with Crippen molar-refractivity contribution in [2.45, 2.75) is 13.0 Å². The molecule has 3 heterocycles. The second-order valence-electron chi connectivity index (χ2n) is 9.32. The van der Waals surface area contributed by atoms with E-state index in [0.717, 1.165) is 24.2 Å². The first kappa shape index (κ1) is 27.2. The maximum atomic E-state index is 14.1. The van der Waals surface area contributed by atoms with E-state index in [1.54, 1.807) is 31.5 Å². The van der Waals surface area contributed by atoms with Crippen LogP contribution < -0.4 is 10.5 Å². The summed E-state index contributed by atoms with van der Waals surface area (Å²) in [5.41, 5.74) is 8.93. The summed E-state index contributed by atoms with van der Waals surface area (Å²) in [5, 5.41) is 9.90. The quantitative estimate of drug-likeness (QED) is 0.285. The van der Waals surface area contributed by atoms with Gasteiger partial charge in [-0.25, -0.2) is 9.37 Å². The third-order valence-corrected chi connectivity index (χ3v) is 7.61. The number of ether oxygens (including phenoxy) is 1. The Kier molecular flexibility index (Phi) is 7.95. The molecular weight excluding hydrogens is 546 g/mol. The van der Waals surface area contributed by atoms with Crippen molar-refractivity contribution in [1.82, 2.24) is 14.8 Å². The van der Waals surface area contributed by atoms with Gasteiger partial charge < -0.3 is 24.9 Å². The Labute approximate surface area is 234 Å². The van der Waals surface area contributed by atoms with Crippen LogP contribution >= 0.6 is 23.2 Å². The van der Waals surface area contributed by atoms with Crippen LogP contribution in [0.25, 0.3) is 22.1 Å². The highest BCUT2D eigenvalue weighted by Crippen LogP contribution is 2.41. The normalized spacial score (nSPS) is 15.1. The molecule has 0 radical (unpaired) electrons.